The normalized spacial score (nSPS) is 28.8. The summed E-state index contributed by atoms with van der Waals surface area (Å²) >= 11 is 0. The summed E-state index contributed by atoms with van der Waals surface area (Å²) in [6, 6.07) is 2.27. The summed E-state index contributed by atoms with van der Waals surface area (Å²) in [7, 11) is 0. The van der Waals surface area contributed by atoms with E-state index in [1.54, 1.807) is 6.07 Å². The van der Waals surface area contributed by atoms with Gasteiger partial charge in [0.1, 0.15) is 6.04 Å². The molecule has 2 aliphatic rings. The van der Waals surface area contributed by atoms with E-state index in [9.17, 15) is 14.7 Å². The average molecular weight is 343 g/mol. The Morgan fingerprint density at radius 3 is 2.88 bits per heavy atom. The van der Waals surface area contributed by atoms with Crippen molar-refractivity contribution in [3.63, 3.8) is 0 Å². The lowest BCUT2D eigenvalue weighted by Crippen LogP contribution is -2.58. The maximum Gasteiger partial charge on any atom is 0.248 e. The molecule has 1 aromatic rings. The molecule has 0 aliphatic heterocycles. The summed E-state index contributed by atoms with van der Waals surface area (Å²) in [5.41, 5.74) is 8.99. The van der Waals surface area contributed by atoms with E-state index in [1.807, 2.05) is 19.9 Å². The number of allylic oxidation sites excluding steroid dienone is 2. The molecular weight excluding hydrogens is 318 g/mol. The second-order valence-corrected chi connectivity index (χ2v) is 7.12. The fourth-order valence-electron chi connectivity index (χ4n) is 4.20. The van der Waals surface area contributed by atoms with E-state index < -0.39 is 23.6 Å². The molecule has 134 valence electrons. The van der Waals surface area contributed by atoms with Crippen LogP contribution in [0.25, 0.3) is 0 Å². The molecular formula is C19H25N3O3. The second-order valence-electron chi connectivity index (χ2n) is 7.12. The maximum absolute atomic E-state index is 12.7. The number of nitrogens with one attached hydrogen (secondary N) is 2. The van der Waals surface area contributed by atoms with Crippen LogP contribution in [0.5, 0.6) is 0 Å². The lowest BCUT2D eigenvalue weighted by molar-refractivity contribution is -0.126. The number of aromatic nitrogens is 1. The molecule has 1 amide bonds. The van der Waals surface area contributed by atoms with Crippen molar-refractivity contribution in [3.05, 3.63) is 57.0 Å². The van der Waals surface area contributed by atoms with Crippen LogP contribution in [0.1, 0.15) is 38.4 Å². The number of amides is 1. The molecule has 3 rings (SSSR count). The monoisotopic (exact) mass is 343 g/mol. The molecule has 0 radical (unpaired) electrons. The predicted octanol–water partition coefficient (Wildman–Crippen LogP) is 0.863. The molecule has 5 N–H and O–H groups in total. The molecule has 2 aliphatic carbocycles. The number of rotatable bonds is 3. The van der Waals surface area contributed by atoms with E-state index in [1.165, 1.54) is 18.6 Å². The van der Waals surface area contributed by atoms with Crippen molar-refractivity contribution in [3.8, 4) is 0 Å². The number of carbonyl (C=O) groups is 1. The van der Waals surface area contributed by atoms with Gasteiger partial charge >= 0.3 is 0 Å². The van der Waals surface area contributed by atoms with Gasteiger partial charge in [0.05, 0.1) is 11.6 Å². The summed E-state index contributed by atoms with van der Waals surface area (Å²) in [5.74, 6) is -0.283. The molecule has 0 saturated carbocycles. The van der Waals surface area contributed by atoms with Crippen molar-refractivity contribution in [2.75, 3.05) is 0 Å². The Morgan fingerprint density at radius 2 is 2.24 bits per heavy atom. The molecule has 25 heavy (non-hydrogen) atoms. The van der Waals surface area contributed by atoms with Gasteiger partial charge in [-0.2, -0.15) is 0 Å². The van der Waals surface area contributed by atoms with Gasteiger partial charge < -0.3 is 21.1 Å². The molecule has 0 saturated heterocycles. The summed E-state index contributed by atoms with van der Waals surface area (Å²) < 4.78 is 0. The zero-order valence-electron chi connectivity index (χ0n) is 14.8. The molecule has 0 fully saturated rings. The number of hydrogen-bond acceptors (Lipinski definition) is 4. The highest BCUT2D eigenvalue weighted by atomic mass is 16.3. The minimum atomic E-state index is -1.01. The third-order valence-corrected chi connectivity index (χ3v) is 5.28. The van der Waals surface area contributed by atoms with E-state index >= 15 is 0 Å². The van der Waals surface area contributed by atoms with E-state index in [0.29, 0.717) is 12.8 Å². The minimum Gasteiger partial charge on any atom is -0.391 e. The van der Waals surface area contributed by atoms with Crippen molar-refractivity contribution < 1.29 is 9.90 Å². The van der Waals surface area contributed by atoms with Gasteiger partial charge in [0.2, 0.25) is 11.5 Å². The predicted molar refractivity (Wildman–Crippen MR) is 95.9 cm³/mol. The standard InChI is InChI=1S/C19H25N3O3/c1-4-13-12-7-10(2)9-19(13,22-18(25)17(20)11(3)23)14-5-6-16(24)21-15(14)8-12/h4-7,11-12,17,23H,8-9,20H2,1-3H3,(H,21,24)(H,22,25). The molecule has 6 nitrogen and oxygen atoms in total. The number of carbonyl (C=O) groups excluding carboxylic acids is 1. The molecule has 2 bridgehead atoms. The van der Waals surface area contributed by atoms with Gasteiger partial charge in [0, 0.05) is 23.2 Å². The Hall–Kier alpha value is -2.18. The van der Waals surface area contributed by atoms with Gasteiger partial charge in [-0.05, 0) is 45.3 Å². The minimum absolute atomic E-state index is 0.118. The molecule has 1 heterocycles. The SMILES string of the molecule is CC=C1C2C=C(C)CC1(NC(=O)C(N)C(C)O)c1ccc(=O)[nH]c1C2. The van der Waals surface area contributed by atoms with Crippen LogP contribution in [0.2, 0.25) is 0 Å². The molecule has 1 aromatic heterocycles. The Balaban J connectivity index is 2.16. The van der Waals surface area contributed by atoms with E-state index in [4.69, 9.17) is 5.73 Å². The fraction of sp³-hybridized carbons (Fsp3) is 0.474. The topological polar surface area (TPSA) is 108 Å². The number of aliphatic hydroxyl groups is 1. The lowest BCUT2D eigenvalue weighted by Gasteiger charge is -2.48. The Labute approximate surface area is 146 Å². The first-order chi connectivity index (χ1) is 11.8. The average Bonchev–Trinajstić information content (AvgIpc) is 2.52. The fourth-order valence-corrected chi connectivity index (χ4v) is 4.20. The van der Waals surface area contributed by atoms with Gasteiger partial charge in [-0.15, -0.1) is 0 Å². The first kappa shape index (κ1) is 17.6. The van der Waals surface area contributed by atoms with Crippen LogP contribution in [-0.2, 0) is 16.8 Å². The van der Waals surface area contributed by atoms with Crippen molar-refractivity contribution in [1.29, 1.82) is 0 Å². The lowest BCUT2D eigenvalue weighted by atomic mass is 9.63. The smallest absolute Gasteiger partial charge is 0.248 e. The highest BCUT2D eigenvalue weighted by molar-refractivity contribution is 5.84. The molecule has 4 unspecified atom stereocenters. The Bertz CT molecular complexity index is 821. The van der Waals surface area contributed by atoms with Crippen LogP contribution in [0.15, 0.2) is 40.2 Å². The van der Waals surface area contributed by atoms with Gasteiger partial charge in [0.15, 0.2) is 0 Å². The third kappa shape index (κ3) is 2.85. The van der Waals surface area contributed by atoms with Crippen LogP contribution in [0.4, 0.5) is 0 Å². The van der Waals surface area contributed by atoms with Gasteiger partial charge in [-0.3, -0.25) is 9.59 Å². The number of H-pyrrole nitrogens is 1. The van der Waals surface area contributed by atoms with Crippen LogP contribution >= 0.6 is 0 Å². The highest BCUT2D eigenvalue weighted by Gasteiger charge is 2.48. The molecule has 4 atom stereocenters. The number of hydrogen-bond donors (Lipinski definition) is 4. The molecule has 0 spiro atoms. The zero-order valence-corrected chi connectivity index (χ0v) is 14.8. The van der Waals surface area contributed by atoms with Crippen LogP contribution in [0.3, 0.4) is 0 Å². The van der Waals surface area contributed by atoms with Crippen molar-refractivity contribution in [2.45, 2.75) is 51.3 Å². The van der Waals surface area contributed by atoms with E-state index in [0.717, 1.165) is 16.8 Å². The summed E-state index contributed by atoms with van der Waals surface area (Å²) in [6.07, 6.45) is 4.60. The summed E-state index contributed by atoms with van der Waals surface area (Å²) in [5, 5.41) is 12.8. The van der Waals surface area contributed by atoms with Gasteiger partial charge in [-0.25, -0.2) is 0 Å². The van der Waals surface area contributed by atoms with Crippen molar-refractivity contribution in [1.82, 2.24) is 10.3 Å². The zero-order chi connectivity index (χ0) is 18.4. The first-order valence-corrected chi connectivity index (χ1v) is 8.61. The number of nitrogens with two attached hydrogens (primary N) is 1. The van der Waals surface area contributed by atoms with Crippen LogP contribution in [0, 0.1) is 5.92 Å². The van der Waals surface area contributed by atoms with Crippen molar-refractivity contribution in [2.24, 2.45) is 11.7 Å². The second kappa shape index (κ2) is 6.28. The van der Waals surface area contributed by atoms with Crippen molar-refractivity contribution >= 4 is 5.91 Å². The number of pyridine rings is 1. The molecule has 0 aromatic carbocycles. The quantitative estimate of drug-likeness (QED) is 0.611. The maximum atomic E-state index is 12.7. The van der Waals surface area contributed by atoms with Gasteiger partial charge in [0.25, 0.3) is 0 Å². The largest absolute Gasteiger partial charge is 0.391 e. The van der Waals surface area contributed by atoms with Crippen LogP contribution < -0.4 is 16.6 Å². The van der Waals surface area contributed by atoms with E-state index in [2.05, 4.69) is 16.4 Å². The van der Waals surface area contributed by atoms with E-state index in [-0.39, 0.29) is 11.5 Å². The number of aromatic amines is 1. The Kier molecular flexibility index (Phi) is 4.43. The summed E-state index contributed by atoms with van der Waals surface area (Å²) in [6.45, 7) is 5.51. The highest BCUT2D eigenvalue weighted by Crippen LogP contribution is 2.49. The van der Waals surface area contributed by atoms with Gasteiger partial charge in [-0.1, -0.05) is 17.7 Å². The first-order valence-electron chi connectivity index (χ1n) is 8.61. The third-order valence-electron chi connectivity index (χ3n) is 5.28. The van der Waals surface area contributed by atoms with Crippen LogP contribution in [-0.4, -0.2) is 28.1 Å². The Morgan fingerprint density at radius 1 is 1.52 bits per heavy atom. The number of aliphatic hydroxyl groups excluding tert-OH is 1. The number of fused-ring (bicyclic) bond motifs is 4. The molecule has 6 heteroatoms. The summed E-state index contributed by atoms with van der Waals surface area (Å²) in [4.78, 5) is 27.4.